The topological polar surface area (TPSA) is 111 Å². The lowest BCUT2D eigenvalue weighted by atomic mass is 10.7. The van der Waals surface area contributed by atoms with E-state index < -0.39 is 35.2 Å². The van der Waals surface area contributed by atoms with Crippen LogP contribution in [0, 0.1) is 5.41 Å². The minimum absolute atomic E-state index is 0.493. The highest BCUT2D eigenvalue weighted by Crippen LogP contribution is 2.27. The Morgan fingerprint density at radius 2 is 1.00 bits per heavy atom. The van der Waals surface area contributed by atoms with Crippen molar-refractivity contribution in [2.45, 2.75) is 11.0 Å². The molecule has 0 saturated carbocycles. The van der Waals surface area contributed by atoms with E-state index in [-0.39, 0.29) is 0 Å². The zero-order valence-corrected chi connectivity index (χ0v) is 13.7. The number of alkyl halides is 6. The molecule has 140 valence electrons. The van der Waals surface area contributed by atoms with Crippen molar-refractivity contribution in [3.8, 4) is 0 Å². The van der Waals surface area contributed by atoms with E-state index in [0.29, 0.717) is 5.96 Å². The van der Waals surface area contributed by atoms with Crippen LogP contribution in [0.1, 0.15) is 0 Å². The lowest BCUT2D eigenvalue weighted by molar-refractivity contribution is -0.0476. The van der Waals surface area contributed by atoms with Crippen LogP contribution >= 0.6 is 0 Å². The highest BCUT2D eigenvalue weighted by Gasteiger charge is 2.55. The maximum Gasteiger partial charge on any atom is 0.512 e. The van der Waals surface area contributed by atoms with Crippen LogP contribution in [-0.4, -0.2) is 71.8 Å². The Balaban J connectivity index is 0. The molecule has 0 rings (SSSR count). The third-order valence-electron chi connectivity index (χ3n) is 1.68. The molecule has 0 amide bonds. The van der Waals surface area contributed by atoms with E-state index in [1.54, 1.807) is 9.80 Å². The number of nitrogens with one attached hydrogen (secondary N) is 2. The molecule has 0 bridgehead atoms. The average molecular weight is 396 g/mol. The number of sulfonamides is 2. The van der Waals surface area contributed by atoms with Crippen molar-refractivity contribution < 1.29 is 43.2 Å². The summed E-state index contributed by atoms with van der Waals surface area (Å²) in [5.74, 6) is 0.519. The zero-order valence-electron chi connectivity index (χ0n) is 12.1. The van der Waals surface area contributed by atoms with Crippen LogP contribution in [0.15, 0.2) is 0 Å². The van der Waals surface area contributed by atoms with Crippen molar-refractivity contribution in [3.63, 3.8) is 0 Å². The van der Waals surface area contributed by atoms with Crippen molar-refractivity contribution in [1.29, 1.82) is 5.41 Å². The van der Waals surface area contributed by atoms with Gasteiger partial charge in [0.15, 0.2) is 5.96 Å². The Morgan fingerprint density at radius 3 is 1.09 bits per heavy atom. The SMILES string of the molecule is CN(C)C(=N)N(C)C.O=S(=O)(NS(=O)(=O)C(F)(F)F)C(F)(F)F. The zero-order chi connectivity index (χ0) is 19.4. The third kappa shape index (κ3) is 7.69. The summed E-state index contributed by atoms with van der Waals surface area (Å²) < 4.78 is 108. The fourth-order valence-corrected chi connectivity index (χ4v) is 2.55. The fraction of sp³-hybridized carbons (Fsp3) is 0.857. The van der Waals surface area contributed by atoms with Crippen molar-refractivity contribution in [2.75, 3.05) is 28.2 Å². The highest BCUT2D eigenvalue weighted by molar-refractivity contribution is 8.05. The van der Waals surface area contributed by atoms with E-state index in [1.165, 1.54) is 0 Å². The van der Waals surface area contributed by atoms with E-state index in [4.69, 9.17) is 5.41 Å². The van der Waals surface area contributed by atoms with Crippen LogP contribution in [0.3, 0.4) is 0 Å². The molecule has 0 spiro atoms. The molecule has 0 aromatic carbocycles. The van der Waals surface area contributed by atoms with Gasteiger partial charge < -0.3 is 9.80 Å². The van der Waals surface area contributed by atoms with Crippen LogP contribution in [0.4, 0.5) is 26.3 Å². The second-order valence-corrected chi connectivity index (χ2v) is 7.70. The average Bonchev–Trinajstić information content (AvgIpc) is 2.23. The summed E-state index contributed by atoms with van der Waals surface area (Å²) in [5, 5.41) is 7.25. The Bertz CT molecular complexity index is 556. The Kier molecular flexibility index (Phi) is 7.84. The Hall–Kier alpha value is -1.29. The van der Waals surface area contributed by atoms with Gasteiger partial charge in [-0.2, -0.15) is 26.3 Å². The molecule has 23 heavy (non-hydrogen) atoms. The van der Waals surface area contributed by atoms with Crippen LogP contribution in [0.25, 0.3) is 0 Å². The predicted molar refractivity (Wildman–Crippen MR) is 68.2 cm³/mol. The quantitative estimate of drug-likeness (QED) is 0.395. The molecular weight excluding hydrogens is 382 g/mol. The smallest absolute Gasteiger partial charge is 0.349 e. The van der Waals surface area contributed by atoms with E-state index in [9.17, 15) is 43.2 Å². The van der Waals surface area contributed by atoms with E-state index >= 15 is 0 Å². The first-order chi connectivity index (χ1) is 9.76. The summed E-state index contributed by atoms with van der Waals surface area (Å²) in [5.41, 5.74) is -12.3. The largest absolute Gasteiger partial charge is 0.512 e. The molecule has 0 aliphatic heterocycles. The van der Waals surface area contributed by atoms with Gasteiger partial charge in [0.25, 0.3) is 0 Å². The molecule has 0 saturated heterocycles. The number of guanidine groups is 1. The molecule has 0 unspecified atom stereocenters. The molecule has 0 fully saturated rings. The Labute approximate surface area is 128 Å². The van der Waals surface area contributed by atoms with Crippen molar-refractivity contribution >= 4 is 26.0 Å². The molecule has 0 atom stereocenters. The molecule has 0 aromatic rings. The normalized spacial score (nSPS) is 13.0. The Morgan fingerprint density at radius 1 is 0.783 bits per heavy atom. The van der Waals surface area contributed by atoms with Gasteiger partial charge in [-0.3, -0.25) is 5.41 Å². The van der Waals surface area contributed by atoms with Gasteiger partial charge in [-0.25, -0.2) is 16.8 Å². The van der Waals surface area contributed by atoms with Crippen LogP contribution < -0.4 is 4.13 Å². The van der Waals surface area contributed by atoms with E-state index in [0.717, 1.165) is 0 Å². The van der Waals surface area contributed by atoms with Gasteiger partial charge in [-0.15, -0.1) is 0 Å². The van der Waals surface area contributed by atoms with Crippen LogP contribution in [-0.2, 0) is 20.0 Å². The third-order valence-corrected chi connectivity index (χ3v) is 4.65. The lowest BCUT2D eigenvalue weighted by Gasteiger charge is -2.19. The second kappa shape index (κ2) is 7.52. The van der Waals surface area contributed by atoms with E-state index in [1.807, 2.05) is 28.2 Å². The monoisotopic (exact) mass is 396 g/mol. The fourth-order valence-electron chi connectivity index (χ4n) is 0.639. The van der Waals surface area contributed by atoms with Gasteiger partial charge in [0.2, 0.25) is 0 Å². The molecular formula is C7H14F6N4O4S2. The summed E-state index contributed by atoms with van der Waals surface area (Å²) in [4.78, 5) is 3.50. The predicted octanol–water partition coefficient (Wildman–Crippen LogP) is 0.320. The van der Waals surface area contributed by atoms with Crippen LogP contribution in [0.5, 0.6) is 0 Å². The molecule has 0 aromatic heterocycles. The molecule has 16 heteroatoms. The second-order valence-electron chi connectivity index (χ2n) is 4.09. The lowest BCUT2D eigenvalue weighted by Crippen LogP contribution is -2.45. The molecule has 0 heterocycles. The maximum atomic E-state index is 11.5. The first-order valence-electron chi connectivity index (χ1n) is 5.10. The number of hydrogen-bond donors (Lipinski definition) is 2. The standard InChI is InChI=1S/C5H13N3.C2HF6NO4S2/c1-7(2)5(6)8(3)4;3-1(4,5)14(10,11)9-15(12,13)2(6,7)8/h6H,1-4H3;9H. The summed E-state index contributed by atoms with van der Waals surface area (Å²) in [6.45, 7) is 0. The minimum Gasteiger partial charge on any atom is -0.349 e. The summed E-state index contributed by atoms with van der Waals surface area (Å²) >= 11 is 0. The number of rotatable bonds is 2. The summed E-state index contributed by atoms with van der Waals surface area (Å²) in [7, 11) is -5.79. The van der Waals surface area contributed by atoms with Gasteiger partial charge in [-0.05, 0) is 0 Å². The summed E-state index contributed by atoms with van der Waals surface area (Å²) in [6, 6.07) is 0. The molecule has 0 aliphatic rings. The number of nitrogens with zero attached hydrogens (tertiary/aromatic N) is 2. The maximum absolute atomic E-state index is 11.5. The van der Waals surface area contributed by atoms with Gasteiger partial charge in [0.1, 0.15) is 0 Å². The highest BCUT2D eigenvalue weighted by atomic mass is 32.3. The van der Waals surface area contributed by atoms with Crippen LogP contribution in [0.2, 0.25) is 0 Å². The molecule has 0 aliphatic carbocycles. The number of halogens is 6. The van der Waals surface area contributed by atoms with E-state index in [2.05, 4.69) is 0 Å². The first kappa shape index (κ1) is 24.0. The van der Waals surface area contributed by atoms with Gasteiger partial charge in [0.05, 0.1) is 0 Å². The van der Waals surface area contributed by atoms with Crippen molar-refractivity contribution in [3.05, 3.63) is 0 Å². The van der Waals surface area contributed by atoms with Gasteiger partial charge >= 0.3 is 31.1 Å². The van der Waals surface area contributed by atoms with Crippen molar-refractivity contribution in [1.82, 2.24) is 13.9 Å². The molecule has 8 nitrogen and oxygen atoms in total. The number of hydrogen-bond acceptors (Lipinski definition) is 5. The minimum atomic E-state index is -6.60. The van der Waals surface area contributed by atoms with Gasteiger partial charge in [-0.1, -0.05) is 4.13 Å². The van der Waals surface area contributed by atoms with Gasteiger partial charge in [0, 0.05) is 28.2 Å². The molecule has 2 N–H and O–H groups in total. The van der Waals surface area contributed by atoms with Crippen molar-refractivity contribution in [2.24, 2.45) is 0 Å². The molecule has 0 radical (unpaired) electrons. The summed E-state index contributed by atoms with van der Waals surface area (Å²) in [6.07, 6.45) is 0. The first-order valence-corrected chi connectivity index (χ1v) is 8.07.